The lowest BCUT2D eigenvalue weighted by molar-refractivity contribution is 0.0415. The minimum absolute atomic E-state index is 0.156. The van der Waals surface area contributed by atoms with E-state index in [2.05, 4.69) is 36.2 Å². The lowest BCUT2D eigenvalue weighted by Gasteiger charge is -2.13. The number of hydrogen-bond acceptors (Lipinski definition) is 5. The summed E-state index contributed by atoms with van der Waals surface area (Å²) in [6, 6.07) is 8.25. The zero-order chi connectivity index (χ0) is 15.5. The highest BCUT2D eigenvalue weighted by Gasteiger charge is 2.34. The molecule has 0 N–H and O–H groups in total. The Morgan fingerprint density at radius 3 is 2.68 bits per heavy atom. The molecule has 2 atom stereocenters. The quantitative estimate of drug-likeness (QED) is 0.845. The fraction of sp³-hybridized carbons (Fsp3) is 0.529. The molecule has 0 saturated carbocycles. The average Bonchev–Trinajstić information content (AvgIpc) is 3.16. The van der Waals surface area contributed by atoms with Crippen molar-refractivity contribution in [2.75, 3.05) is 20.3 Å². The van der Waals surface area contributed by atoms with Gasteiger partial charge in [0.1, 0.15) is 6.10 Å². The van der Waals surface area contributed by atoms with Gasteiger partial charge in [-0.15, -0.1) is 10.2 Å². The molecule has 1 aliphatic rings. The molecule has 5 heteroatoms. The minimum Gasteiger partial charge on any atom is -0.418 e. The average molecular weight is 302 g/mol. The molecular formula is C17H22N2O3. The van der Waals surface area contributed by atoms with Gasteiger partial charge in [0.05, 0.1) is 6.61 Å². The normalized spacial score (nSPS) is 21.6. The largest absolute Gasteiger partial charge is 0.418 e. The van der Waals surface area contributed by atoms with E-state index < -0.39 is 0 Å². The highest BCUT2D eigenvalue weighted by molar-refractivity contribution is 5.53. The molecule has 118 valence electrons. The third-order valence-electron chi connectivity index (χ3n) is 4.10. The van der Waals surface area contributed by atoms with Crippen molar-refractivity contribution in [3.8, 4) is 11.5 Å². The number of benzene rings is 1. The van der Waals surface area contributed by atoms with Gasteiger partial charge in [-0.2, -0.15) is 0 Å². The Bertz CT molecular complexity index is 607. The fourth-order valence-electron chi connectivity index (χ4n) is 2.77. The van der Waals surface area contributed by atoms with Crippen molar-refractivity contribution < 1.29 is 13.9 Å². The van der Waals surface area contributed by atoms with Gasteiger partial charge in [0, 0.05) is 25.2 Å². The van der Waals surface area contributed by atoms with Crippen LogP contribution in [0, 0.1) is 5.92 Å². The van der Waals surface area contributed by atoms with Crippen molar-refractivity contribution in [3.63, 3.8) is 0 Å². The van der Waals surface area contributed by atoms with E-state index in [1.165, 1.54) is 5.56 Å². The Hall–Kier alpha value is -1.72. The SMILES string of the molecule is COC[C@@H]1CCO[C@@H]1c1nnc(-c2ccc(C(C)C)cc2)o1. The molecule has 1 aromatic heterocycles. The maximum absolute atomic E-state index is 5.83. The molecule has 0 bridgehead atoms. The summed E-state index contributed by atoms with van der Waals surface area (Å²) in [6.07, 6.45) is 0.801. The standard InChI is InChI=1S/C17H22N2O3/c1-11(2)12-4-6-13(7-5-12)16-18-19-17(22-16)15-14(10-20-3)8-9-21-15/h4-7,11,14-15H,8-10H2,1-3H3/t14-,15-/m0/s1. The molecule has 1 saturated heterocycles. The lowest BCUT2D eigenvalue weighted by atomic mass is 10.0. The van der Waals surface area contributed by atoms with Gasteiger partial charge in [-0.3, -0.25) is 0 Å². The molecule has 5 nitrogen and oxygen atoms in total. The summed E-state index contributed by atoms with van der Waals surface area (Å²) in [6.45, 7) is 5.70. The zero-order valence-electron chi connectivity index (χ0n) is 13.3. The van der Waals surface area contributed by atoms with Gasteiger partial charge >= 0.3 is 0 Å². The van der Waals surface area contributed by atoms with Crippen molar-refractivity contribution >= 4 is 0 Å². The molecule has 0 aliphatic carbocycles. The van der Waals surface area contributed by atoms with Gasteiger partial charge in [0.2, 0.25) is 11.8 Å². The second-order valence-electron chi connectivity index (χ2n) is 6.02. The van der Waals surface area contributed by atoms with Crippen LogP contribution in [0.15, 0.2) is 28.7 Å². The first-order chi connectivity index (χ1) is 10.7. The van der Waals surface area contributed by atoms with E-state index in [4.69, 9.17) is 13.9 Å². The monoisotopic (exact) mass is 302 g/mol. The molecule has 22 heavy (non-hydrogen) atoms. The molecule has 1 aromatic carbocycles. The Balaban J connectivity index is 1.78. The third kappa shape index (κ3) is 3.05. The van der Waals surface area contributed by atoms with Gasteiger partial charge in [0.15, 0.2) is 0 Å². The van der Waals surface area contributed by atoms with Crippen molar-refractivity contribution in [3.05, 3.63) is 35.7 Å². The minimum atomic E-state index is -0.156. The van der Waals surface area contributed by atoms with Crippen LogP contribution in [0.2, 0.25) is 0 Å². The maximum Gasteiger partial charge on any atom is 0.247 e. The zero-order valence-corrected chi connectivity index (χ0v) is 13.3. The first-order valence-electron chi connectivity index (χ1n) is 7.73. The number of methoxy groups -OCH3 is 1. The molecule has 2 aromatic rings. The Morgan fingerprint density at radius 1 is 1.23 bits per heavy atom. The van der Waals surface area contributed by atoms with Gasteiger partial charge in [-0.25, -0.2) is 0 Å². The van der Waals surface area contributed by atoms with E-state index in [9.17, 15) is 0 Å². The van der Waals surface area contributed by atoms with Crippen molar-refractivity contribution in [1.29, 1.82) is 0 Å². The van der Waals surface area contributed by atoms with Crippen LogP contribution in [0.1, 0.15) is 43.7 Å². The summed E-state index contributed by atoms with van der Waals surface area (Å²) >= 11 is 0. The topological polar surface area (TPSA) is 57.4 Å². The van der Waals surface area contributed by atoms with Crippen molar-refractivity contribution in [1.82, 2.24) is 10.2 Å². The molecule has 0 unspecified atom stereocenters. The predicted molar refractivity (Wildman–Crippen MR) is 82.5 cm³/mol. The number of nitrogens with zero attached hydrogens (tertiary/aromatic N) is 2. The summed E-state index contributed by atoms with van der Waals surface area (Å²) in [4.78, 5) is 0. The molecule has 0 radical (unpaired) electrons. The van der Waals surface area contributed by atoms with E-state index in [1.807, 2.05) is 12.1 Å². The Kier molecular flexibility index (Phi) is 4.55. The Morgan fingerprint density at radius 2 is 2.00 bits per heavy atom. The van der Waals surface area contributed by atoms with E-state index >= 15 is 0 Å². The molecular weight excluding hydrogens is 280 g/mol. The number of ether oxygens (including phenoxy) is 2. The van der Waals surface area contributed by atoms with Gasteiger partial charge < -0.3 is 13.9 Å². The highest BCUT2D eigenvalue weighted by Crippen LogP contribution is 2.35. The Labute approximate surface area is 130 Å². The van der Waals surface area contributed by atoms with Crippen LogP contribution in [0.3, 0.4) is 0 Å². The van der Waals surface area contributed by atoms with E-state index in [1.54, 1.807) is 7.11 Å². The van der Waals surface area contributed by atoms with Crippen LogP contribution in [0.5, 0.6) is 0 Å². The van der Waals surface area contributed by atoms with E-state index in [0.717, 1.165) is 12.0 Å². The first-order valence-corrected chi connectivity index (χ1v) is 7.73. The summed E-state index contributed by atoms with van der Waals surface area (Å²) < 4.78 is 16.8. The second-order valence-corrected chi connectivity index (χ2v) is 6.02. The van der Waals surface area contributed by atoms with E-state index in [0.29, 0.717) is 30.9 Å². The van der Waals surface area contributed by atoms with Gasteiger partial charge in [-0.05, 0) is 30.0 Å². The van der Waals surface area contributed by atoms with Crippen molar-refractivity contribution in [2.45, 2.75) is 32.3 Å². The molecule has 3 rings (SSSR count). The van der Waals surface area contributed by atoms with Crippen LogP contribution in [-0.4, -0.2) is 30.5 Å². The van der Waals surface area contributed by atoms with Gasteiger partial charge in [0.25, 0.3) is 0 Å². The van der Waals surface area contributed by atoms with Crippen LogP contribution in [-0.2, 0) is 9.47 Å². The summed E-state index contributed by atoms with van der Waals surface area (Å²) in [5.74, 6) is 1.87. The predicted octanol–water partition coefficient (Wildman–Crippen LogP) is 3.58. The lowest BCUT2D eigenvalue weighted by Crippen LogP contribution is -2.13. The maximum atomic E-state index is 5.83. The molecule has 1 fully saturated rings. The summed E-state index contributed by atoms with van der Waals surface area (Å²) in [7, 11) is 1.70. The smallest absolute Gasteiger partial charge is 0.247 e. The third-order valence-corrected chi connectivity index (χ3v) is 4.10. The van der Waals surface area contributed by atoms with Crippen LogP contribution >= 0.6 is 0 Å². The fourth-order valence-corrected chi connectivity index (χ4v) is 2.77. The molecule has 2 heterocycles. The van der Waals surface area contributed by atoms with Crippen molar-refractivity contribution in [2.24, 2.45) is 5.92 Å². The highest BCUT2D eigenvalue weighted by atomic mass is 16.5. The molecule has 0 spiro atoms. The molecule has 1 aliphatic heterocycles. The van der Waals surface area contributed by atoms with Crippen LogP contribution in [0.4, 0.5) is 0 Å². The van der Waals surface area contributed by atoms with Crippen LogP contribution < -0.4 is 0 Å². The van der Waals surface area contributed by atoms with Crippen LogP contribution in [0.25, 0.3) is 11.5 Å². The number of aromatic nitrogens is 2. The number of hydrogen-bond donors (Lipinski definition) is 0. The van der Waals surface area contributed by atoms with Gasteiger partial charge in [-0.1, -0.05) is 26.0 Å². The molecule has 0 amide bonds. The summed E-state index contributed by atoms with van der Waals surface area (Å²) in [5.41, 5.74) is 2.23. The summed E-state index contributed by atoms with van der Waals surface area (Å²) in [5, 5.41) is 8.33. The number of rotatable bonds is 5. The van der Waals surface area contributed by atoms with E-state index in [-0.39, 0.29) is 12.0 Å². The first kappa shape index (κ1) is 15.2. The second kappa shape index (κ2) is 6.58.